The van der Waals surface area contributed by atoms with Gasteiger partial charge in [-0.3, -0.25) is 4.79 Å². The fourth-order valence-electron chi connectivity index (χ4n) is 1.75. The first-order valence-corrected chi connectivity index (χ1v) is 5.62. The van der Waals surface area contributed by atoms with Crippen molar-refractivity contribution in [2.24, 2.45) is 5.41 Å². The lowest BCUT2D eigenvalue weighted by atomic mass is 9.96. The molecule has 0 atom stereocenters. The lowest BCUT2D eigenvalue weighted by Gasteiger charge is -2.28. The zero-order chi connectivity index (χ0) is 12.3. The molecule has 88 valence electrons. The summed E-state index contributed by atoms with van der Waals surface area (Å²) in [6.07, 6.45) is 0. The third-order valence-electron chi connectivity index (χ3n) is 2.43. The summed E-state index contributed by atoms with van der Waals surface area (Å²) in [5.74, 6) is 0.116. The Kier molecular flexibility index (Phi) is 3.74. The number of carbonyl (C=O) groups excluding carboxylic acids is 1. The minimum Gasteiger partial charge on any atom is -0.374 e. The maximum absolute atomic E-state index is 11.1. The van der Waals surface area contributed by atoms with E-state index in [1.807, 2.05) is 24.3 Å². The molecule has 1 aromatic carbocycles. The van der Waals surface area contributed by atoms with Gasteiger partial charge in [-0.2, -0.15) is 0 Å². The highest BCUT2D eigenvalue weighted by atomic mass is 16.1. The maximum Gasteiger partial charge on any atom is 0.159 e. The normalized spacial score (nSPS) is 11.3. The lowest BCUT2D eigenvalue weighted by Crippen LogP contribution is -2.28. The topological polar surface area (TPSA) is 20.3 Å². The van der Waals surface area contributed by atoms with Gasteiger partial charge >= 0.3 is 0 Å². The third-order valence-corrected chi connectivity index (χ3v) is 2.43. The summed E-state index contributed by atoms with van der Waals surface area (Å²) >= 11 is 0. The molecule has 2 nitrogen and oxygen atoms in total. The highest BCUT2D eigenvalue weighted by Gasteiger charge is 2.13. The summed E-state index contributed by atoms with van der Waals surface area (Å²) in [5, 5.41) is 0. The summed E-state index contributed by atoms with van der Waals surface area (Å²) in [6.45, 7) is 9.23. The van der Waals surface area contributed by atoms with Gasteiger partial charge in [-0.25, -0.2) is 0 Å². The average Bonchev–Trinajstić information content (AvgIpc) is 2.15. The van der Waals surface area contributed by atoms with Crippen LogP contribution in [0.5, 0.6) is 0 Å². The van der Waals surface area contributed by atoms with E-state index in [-0.39, 0.29) is 11.2 Å². The fourth-order valence-corrected chi connectivity index (χ4v) is 1.75. The molecule has 0 aliphatic rings. The van der Waals surface area contributed by atoms with E-state index < -0.39 is 0 Å². The van der Waals surface area contributed by atoms with Gasteiger partial charge in [0, 0.05) is 24.8 Å². The Morgan fingerprint density at radius 3 is 2.06 bits per heavy atom. The first-order valence-electron chi connectivity index (χ1n) is 5.62. The van der Waals surface area contributed by atoms with E-state index in [4.69, 9.17) is 0 Å². The van der Waals surface area contributed by atoms with Gasteiger partial charge in [0.05, 0.1) is 0 Å². The molecule has 0 radical (unpaired) electrons. The second kappa shape index (κ2) is 4.69. The molecule has 16 heavy (non-hydrogen) atoms. The molecule has 0 fully saturated rings. The van der Waals surface area contributed by atoms with Gasteiger partial charge in [0.1, 0.15) is 0 Å². The smallest absolute Gasteiger partial charge is 0.159 e. The number of rotatable bonds is 3. The zero-order valence-corrected chi connectivity index (χ0v) is 10.9. The Bertz CT molecular complexity index is 359. The first kappa shape index (κ1) is 12.8. The second-order valence-electron chi connectivity index (χ2n) is 5.52. The van der Waals surface area contributed by atoms with E-state index in [1.165, 1.54) is 0 Å². The number of hydrogen-bond acceptors (Lipinski definition) is 2. The molecular weight excluding hydrogens is 198 g/mol. The van der Waals surface area contributed by atoms with Crippen LogP contribution in [0.2, 0.25) is 0 Å². The van der Waals surface area contributed by atoms with Crippen LogP contribution >= 0.6 is 0 Å². The number of carbonyl (C=O) groups is 1. The van der Waals surface area contributed by atoms with Crippen molar-refractivity contribution in [1.82, 2.24) is 0 Å². The van der Waals surface area contributed by atoms with Gasteiger partial charge in [0.2, 0.25) is 0 Å². The minimum atomic E-state index is 0.116. The number of anilines is 1. The standard InChI is InChI=1S/C14H21NO/c1-11(16)12-6-8-13(9-7-12)15(5)10-14(2,3)4/h6-9H,10H2,1-5H3. The second-order valence-corrected chi connectivity index (χ2v) is 5.52. The molecule has 0 aromatic heterocycles. The van der Waals surface area contributed by atoms with Gasteiger partial charge < -0.3 is 4.90 Å². The molecule has 0 saturated carbocycles. The van der Waals surface area contributed by atoms with Crippen LogP contribution in [0.25, 0.3) is 0 Å². The van der Waals surface area contributed by atoms with Crippen LogP contribution < -0.4 is 4.90 Å². The van der Waals surface area contributed by atoms with Crippen LogP contribution in [-0.4, -0.2) is 19.4 Å². The molecule has 0 bridgehead atoms. The molecule has 2 heteroatoms. The molecule has 0 N–H and O–H groups in total. The number of ketones is 1. The Hall–Kier alpha value is -1.31. The molecule has 0 spiro atoms. The predicted molar refractivity (Wildman–Crippen MR) is 69.2 cm³/mol. The summed E-state index contributed by atoms with van der Waals surface area (Å²) in [4.78, 5) is 13.4. The predicted octanol–water partition coefficient (Wildman–Crippen LogP) is 3.37. The quantitative estimate of drug-likeness (QED) is 0.726. The number of hydrogen-bond donors (Lipinski definition) is 0. The number of nitrogens with zero attached hydrogens (tertiary/aromatic N) is 1. The van der Waals surface area contributed by atoms with Crippen molar-refractivity contribution < 1.29 is 4.79 Å². The summed E-state index contributed by atoms with van der Waals surface area (Å²) in [5.41, 5.74) is 2.20. The van der Waals surface area contributed by atoms with Crippen LogP contribution in [0.1, 0.15) is 38.1 Å². The van der Waals surface area contributed by atoms with E-state index in [1.54, 1.807) is 6.92 Å². The Balaban J connectivity index is 2.78. The highest BCUT2D eigenvalue weighted by molar-refractivity contribution is 5.94. The molecule has 0 unspecified atom stereocenters. The Morgan fingerprint density at radius 2 is 1.69 bits per heavy atom. The molecule has 0 heterocycles. The van der Waals surface area contributed by atoms with Crippen molar-refractivity contribution >= 4 is 11.5 Å². The van der Waals surface area contributed by atoms with Crippen LogP contribution in [0.3, 0.4) is 0 Å². The number of benzene rings is 1. The summed E-state index contributed by atoms with van der Waals surface area (Å²) < 4.78 is 0. The van der Waals surface area contributed by atoms with Gasteiger partial charge in [-0.15, -0.1) is 0 Å². The summed E-state index contributed by atoms with van der Waals surface area (Å²) in [7, 11) is 2.08. The van der Waals surface area contributed by atoms with Crippen LogP contribution in [0, 0.1) is 5.41 Å². The van der Waals surface area contributed by atoms with Crippen LogP contribution in [0.15, 0.2) is 24.3 Å². The first-order chi connectivity index (χ1) is 7.29. The van der Waals surface area contributed by atoms with Crippen molar-refractivity contribution in [3.8, 4) is 0 Å². The van der Waals surface area contributed by atoms with Gasteiger partial charge in [0.25, 0.3) is 0 Å². The van der Waals surface area contributed by atoms with Crippen molar-refractivity contribution in [3.05, 3.63) is 29.8 Å². The number of Topliss-reactive ketones (excluding diaryl/α,β-unsaturated/α-hetero) is 1. The van der Waals surface area contributed by atoms with E-state index in [2.05, 4.69) is 32.7 Å². The Morgan fingerprint density at radius 1 is 1.19 bits per heavy atom. The van der Waals surface area contributed by atoms with Crippen molar-refractivity contribution in [3.63, 3.8) is 0 Å². The zero-order valence-electron chi connectivity index (χ0n) is 10.9. The van der Waals surface area contributed by atoms with Gasteiger partial charge in [-0.05, 0) is 36.6 Å². The third kappa shape index (κ3) is 3.69. The molecular formula is C14H21NO. The van der Waals surface area contributed by atoms with E-state index in [0.717, 1.165) is 17.8 Å². The van der Waals surface area contributed by atoms with E-state index in [9.17, 15) is 4.79 Å². The van der Waals surface area contributed by atoms with Crippen molar-refractivity contribution in [1.29, 1.82) is 0 Å². The monoisotopic (exact) mass is 219 g/mol. The molecule has 0 saturated heterocycles. The highest BCUT2D eigenvalue weighted by Crippen LogP contribution is 2.20. The molecule has 0 aliphatic heterocycles. The molecule has 0 aliphatic carbocycles. The average molecular weight is 219 g/mol. The van der Waals surface area contributed by atoms with E-state index in [0.29, 0.717) is 0 Å². The summed E-state index contributed by atoms with van der Waals surface area (Å²) in [6, 6.07) is 7.78. The lowest BCUT2D eigenvalue weighted by molar-refractivity contribution is 0.101. The minimum absolute atomic E-state index is 0.116. The van der Waals surface area contributed by atoms with Crippen molar-refractivity contribution in [2.75, 3.05) is 18.5 Å². The Labute approximate surface area is 98.3 Å². The SMILES string of the molecule is CC(=O)c1ccc(N(C)CC(C)(C)C)cc1. The van der Waals surface area contributed by atoms with Crippen molar-refractivity contribution in [2.45, 2.75) is 27.7 Å². The molecule has 0 amide bonds. The maximum atomic E-state index is 11.1. The largest absolute Gasteiger partial charge is 0.374 e. The van der Waals surface area contributed by atoms with Crippen LogP contribution in [-0.2, 0) is 0 Å². The molecule has 1 rings (SSSR count). The molecule has 1 aromatic rings. The van der Waals surface area contributed by atoms with E-state index >= 15 is 0 Å². The van der Waals surface area contributed by atoms with Gasteiger partial charge in [-0.1, -0.05) is 20.8 Å². The van der Waals surface area contributed by atoms with Crippen LogP contribution in [0.4, 0.5) is 5.69 Å². The fraction of sp³-hybridized carbons (Fsp3) is 0.500. The van der Waals surface area contributed by atoms with Gasteiger partial charge in [0.15, 0.2) is 5.78 Å².